The Morgan fingerprint density at radius 1 is 0.935 bits per heavy atom. The highest BCUT2D eigenvalue weighted by atomic mass is 19.4. The predicted molar refractivity (Wildman–Crippen MR) is 97.3 cm³/mol. The van der Waals surface area contributed by atoms with Crippen molar-refractivity contribution in [2.45, 2.75) is 49.2 Å². The van der Waals surface area contributed by atoms with Gasteiger partial charge in [-0.25, -0.2) is 9.18 Å². The van der Waals surface area contributed by atoms with Crippen LogP contribution in [0.2, 0.25) is 0 Å². The van der Waals surface area contributed by atoms with Crippen LogP contribution in [-0.4, -0.2) is 66.9 Å². The molecule has 0 radical (unpaired) electrons. The molecule has 0 aromatic heterocycles. The first kappa shape index (κ1) is 22.2. The summed E-state index contributed by atoms with van der Waals surface area (Å²) >= 11 is 0. The molecule has 2 amide bonds. The second-order valence-corrected chi connectivity index (χ2v) is 8.28. The molecule has 2 atom stereocenters. The van der Waals surface area contributed by atoms with Crippen molar-refractivity contribution >= 4 is 6.03 Å². The Bertz CT molecular complexity index is 834. The summed E-state index contributed by atoms with van der Waals surface area (Å²) in [5, 5.41) is 3.16. The number of rotatable bonds is 1. The van der Waals surface area contributed by atoms with Crippen LogP contribution in [0.25, 0.3) is 0 Å². The van der Waals surface area contributed by atoms with Gasteiger partial charge in [0.15, 0.2) is 0 Å². The van der Waals surface area contributed by atoms with Crippen LogP contribution >= 0.6 is 0 Å². The first-order chi connectivity index (χ1) is 14.4. The zero-order valence-electron chi connectivity index (χ0n) is 16.5. The number of likely N-dealkylation sites (tertiary alicyclic amines) is 1. The number of hydrogen-bond acceptors (Lipinski definition) is 2. The van der Waals surface area contributed by atoms with Crippen LogP contribution in [0.5, 0.6) is 0 Å². The summed E-state index contributed by atoms with van der Waals surface area (Å²) in [6, 6.07) is 2.20. The van der Waals surface area contributed by atoms with Gasteiger partial charge in [-0.05, 0) is 30.4 Å². The SMILES string of the molecule is O=C(N1CCNCC1)N1CC[C@H]2c3ccc(C(F)(C(F)(F)F)C(F)(F)F)cc3CCC21. The number of amides is 2. The molecule has 1 aromatic carbocycles. The zero-order chi connectivity index (χ0) is 22.6. The minimum Gasteiger partial charge on any atom is -0.322 e. The minimum absolute atomic E-state index is 0.0917. The molecular formula is C20H22F7N3O. The molecule has 31 heavy (non-hydrogen) atoms. The summed E-state index contributed by atoms with van der Waals surface area (Å²) in [7, 11) is 0. The third-order valence-corrected chi connectivity index (χ3v) is 6.61. The number of aryl methyl sites for hydroxylation is 1. The van der Waals surface area contributed by atoms with E-state index in [-0.39, 0.29) is 30.0 Å². The summed E-state index contributed by atoms with van der Waals surface area (Å²) in [6.07, 6.45) is -11.1. The maximum Gasteiger partial charge on any atom is 0.435 e. The van der Waals surface area contributed by atoms with Gasteiger partial charge in [-0.3, -0.25) is 0 Å². The van der Waals surface area contributed by atoms with E-state index in [1.807, 2.05) is 0 Å². The number of nitrogens with zero attached hydrogens (tertiary/aromatic N) is 2. The van der Waals surface area contributed by atoms with Gasteiger partial charge in [-0.1, -0.05) is 18.2 Å². The first-order valence-electron chi connectivity index (χ1n) is 10.2. The number of carbonyl (C=O) groups excluding carboxylic acids is 1. The van der Waals surface area contributed by atoms with Crippen molar-refractivity contribution in [2.24, 2.45) is 0 Å². The van der Waals surface area contributed by atoms with Gasteiger partial charge in [0.25, 0.3) is 0 Å². The molecule has 4 nitrogen and oxygen atoms in total. The van der Waals surface area contributed by atoms with Gasteiger partial charge in [-0.2, -0.15) is 26.3 Å². The van der Waals surface area contributed by atoms with E-state index in [0.717, 1.165) is 0 Å². The Morgan fingerprint density at radius 3 is 2.19 bits per heavy atom. The van der Waals surface area contributed by atoms with Gasteiger partial charge in [0.05, 0.1) is 0 Å². The topological polar surface area (TPSA) is 35.6 Å². The molecule has 3 aliphatic rings. The largest absolute Gasteiger partial charge is 0.435 e. The van der Waals surface area contributed by atoms with Crippen molar-refractivity contribution < 1.29 is 35.5 Å². The van der Waals surface area contributed by atoms with E-state index in [1.54, 1.807) is 9.80 Å². The van der Waals surface area contributed by atoms with E-state index in [0.29, 0.717) is 63.3 Å². The zero-order valence-corrected chi connectivity index (χ0v) is 16.5. The van der Waals surface area contributed by atoms with E-state index in [2.05, 4.69) is 5.32 Å². The molecule has 1 unspecified atom stereocenters. The summed E-state index contributed by atoms with van der Waals surface area (Å²) in [5.41, 5.74) is -5.99. The van der Waals surface area contributed by atoms with Crippen molar-refractivity contribution in [3.63, 3.8) is 0 Å². The van der Waals surface area contributed by atoms with E-state index in [4.69, 9.17) is 0 Å². The Labute approximate surface area is 174 Å². The van der Waals surface area contributed by atoms with Crippen LogP contribution in [0.1, 0.15) is 35.4 Å². The van der Waals surface area contributed by atoms with E-state index in [9.17, 15) is 35.5 Å². The van der Waals surface area contributed by atoms with Crippen LogP contribution in [0.15, 0.2) is 18.2 Å². The molecule has 0 saturated carbocycles. The third-order valence-electron chi connectivity index (χ3n) is 6.61. The van der Waals surface area contributed by atoms with Crippen molar-refractivity contribution in [3.8, 4) is 0 Å². The van der Waals surface area contributed by atoms with Gasteiger partial charge < -0.3 is 15.1 Å². The monoisotopic (exact) mass is 453 g/mol. The molecule has 0 bridgehead atoms. The maximum absolute atomic E-state index is 14.4. The molecule has 172 valence electrons. The Hall–Kier alpha value is -2.04. The third kappa shape index (κ3) is 3.54. The molecular weight excluding hydrogens is 431 g/mol. The molecule has 0 spiro atoms. The smallest absolute Gasteiger partial charge is 0.322 e. The lowest BCUT2D eigenvalue weighted by Crippen LogP contribution is -2.53. The fourth-order valence-corrected chi connectivity index (χ4v) is 5.04. The second-order valence-electron chi connectivity index (χ2n) is 8.28. The number of piperazine rings is 1. The van der Waals surface area contributed by atoms with Crippen LogP contribution in [-0.2, 0) is 12.1 Å². The Morgan fingerprint density at radius 2 is 1.58 bits per heavy atom. The first-order valence-corrected chi connectivity index (χ1v) is 10.2. The van der Waals surface area contributed by atoms with E-state index >= 15 is 0 Å². The molecule has 2 fully saturated rings. The standard InChI is InChI=1S/C20H22F7N3O/c21-18(19(22,23)24,20(25,26)27)13-2-3-14-12(11-13)1-4-16-15(14)5-8-30(16)17(31)29-9-6-28-7-10-29/h2-3,11,15-16,28H,1,4-10H2/t15-,16?/m0/s1. The van der Waals surface area contributed by atoms with Gasteiger partial charge in [0, 0.05) is 50.2 Å². The molecule has 2 heterocycles. The Balaban J connectivity index is 1.61. The molecule has 1 aromatic rings. The highest BCUT2D eigenvalue weighted by Crippen LogP contribution is 2.54. The van der Waals surface area contributed by atoms with Gasteiger partial charge in [0.2, 0.25) is 0 Å². The molecule has 1 aliphatic carbocycles. The summed E-state index contributed by atoms with van der Waals surface area (Å²) < 4.78 is 93.0. The number of urea groups is 1. The van der Waals surface area contributed by atoms with Crippen molar-refractivity contribution in [1.82, 2.24) is 15.1 Å². The van der Waals surface area contributed by atoms with Gasteiger partial charge >= 0.3 is 24.1 Å². The van der Waals surface area contributed by atoms with E-state index in [1.165, 1.54) is 6.07 Å². The quantitative estimate of drug-likeness (QED) is 0.650. The van der Waals surface area contributed by atoms with Crippen molar-refractivity contribution in [2.75, 3.05) is 32.7 Å². The molecule has 2 aliphatic heterocycles. The van der Waals surface area contributed by atoms with Gasteiger partial charge in [-0.15, -0.1) is 0 Å². The normalized spacial score (nSPS) is 24.7. The highest BCUT2D eigenvalue weighted by molar-refractivity contribution is 5.75. The lowest BCUT2D eigenvalue weighted by molar-refractivity contribution is -0.348. The average molecular weight is 453 g/mol. The fourth-order valence-electron chi connectivity index (χ4n) is 5.04. The molecule has 4 rings (SSSR count). The van der Waals surface area contributed by atoms with E-state index < -0.39 is 23.6 Å². The van der Waals surface area contributed by atoms with Crippen LogP contribution < -0.4 is 5.32 Å². The molecule has 1 N–H and O–H groups in total. The minimum atomic E-state index is -6.13. The van der Waals surface area contributed by atoms with Gasteiger partial charge in [0.1, 0.15) is 0 Å². The number of fused-ring (bicyclic) bond motifs is 3. The van der Waals surface area contributed by atoms with Crippen LogP contribution in [0, 0.1) is 0 Å². The fraction of sp³-hybridized carbons (Fsp3) is 0.650. The van der Waals surface area contributed by atoms with Crippen LogP contribution in [0.3, 0.4) is 0 Å². The van der Waals surface area contributed by atoms with Crippen molar-refractivity contribution in [1.29, 1.82) is 0 Å². The Kier molecular flexibility index (Phi) is 5.38. The number of benzene rings is 1. The summed E-state index contributed by atoms with van der Waals surface area (Å²) in [6.45, 7) is 3.03. The second kappa shape index (κ2) is 7.53. The number of nitrogens with one attached hydrogen (secondary N) is 1. The summed E-state index contributed by atoms with van der Waals surface area (Å²) in [4.78, 5) is 16.4. The lowest BCUT2D eigenvalue weighted by Gasteiger charge is -2.38. The number of hydrogen-bond donors (Lipinski definition) is 1. The molecule has 11 heteroatoms. The number of alkyl halides is 7. The predicted octanol–water partition coefficient (Wildman–Crippen LogP) is 4.11. The van der Waals surface area contributed by atoms with Crippen LogP contribution in [0.4, 0.5) is 35.5 Å². The average Bonchev–Trinajstić information content (AvgIpc) is 3.15. The number of halogens is 7. The summed E-state index contributed by atoms with van der Waals surface area (Å²) in [5.74, 6) is -0.185. The number of carbonyl (C=O) groups is 1. The molecule has 2 saturated heterocycles. The highest BCUT2D eigenvalue weighted by Gasteiger charge is 2.73. The lowest BCUT2D eigenvalue weighted by atomic mass is 9.77. The maximum atomic E-state index is 14.4. The van der Waals surface area contributed by atoms with Crippen molar-refractivity contribution in [3.05, 3.63) is 34.9 Å².